The maximum absolute atomic E-state index is 5.14. The summed E-state index contributed by atoms with van der Waals surface area (Å²) in [6.45, 7) is 2.89. The Labute approximate surface area is 106 Å². The van der Waals surface area contributed by atoms with E-state index in [2.05, 4.69) is 26.1 Å². The molecule has 2 aromatic rings. The number of hydrogen-bond donors (Lipinski definition) is 1. The van der Waals surface area contributed by atoms with Crippen LogP contribution >= 0.6 is 0 Å². The molecule has 1 aliphatic rings. The predicted molar refractivity (Wildman–Crippen MR) is 68.3 cm³/mol. The van der Waals surface area contributed by atoms with Gasteiger partial charge in [0, 0.05) is 19.2 Å². The standard InChI is InChI=1S/C13H16N4O/c1-18-13-5-2-4-11(15-13)12-8-10-9-14-6-3-7-17(10)16-12/h2,4-5,8,14H,3,6-7,9H2,1H3. The number of aromatic nitrogens is 3. The zero-order valence-electron chi connectivity index (χ0n) is 10.4. The van der Waals surface area contributed by atoms with Crippen LogP contribution in [-0.4, -0.2) is 28.4 Å². The molecule has 5 heteroatoms. The van der Waals surface area contributed by atoms with Gasteiger partial charge in [-0.3, -0.25) is 4.68 Å². The highest BCUT2D eigenvalue weighted by molar-refractivity contribution is 5.55. The summed E-state index contributed by atoms with van der Waals surface area (Å²) < 4.78 is 7.21. The average molecular weight is 244 g/mol. The van der Waals surface area contributed by atoms with Crippen LogP contribution in [0.3, 0.4) is 0 Å². The Morgan fingerprint density at radius 2 is 2.28 bits per heavy atom. The van der Waals surface area contributed by atoms with Gasteiger partial charge >= 0.3 is 0 Å². The van der Waals surface area contributed by atoms with Crippen LogP contribution in [0.15, 0.2) is 24.3 Å². The first kappa shape index (κ1) is 11.2. The van der Waals surface area contributed by atoms with Crippen molar-refractivity contribution in [3.63, 3.8) is 0 Å². The van der Waals surface area contributed by atoms with Crippen molar-refractivity contribution in [1.82, 2.24) is 20.1 Å². The van der Waals surface area contributed by atoms with E-state index in [1.807, 2.05) is 18.2 Å². The second-order valence-electron chi connectivity index (χ2n) is 4.34. The minimum absolute atomic E-state index is 0.619. The molecule has 0 fully saturated rings. The molecule has 94 valence electrons. The largest absolute Gasteiger partial charge is 0.481 e. The first-order valence-corrected chi connectivity index (χ1v) is 6.16. The number of fused-ring (bicyclic) bond motifs is 1. The lowest BCUT2D eigenvalue weighted by atomic mass is 10.2. The zero-order valence-corrected chi connectivity index (χ0v) is 10.4. The monoisotopic (exact) mass is 244 g/mol. The van der Waals surface area contributed by atoms with Crippen molar-refractivity contribution < 1.29 is 4.74 Å². The SMILES string of the molecule is COc1cccc(-c2cc3n(n2)CCCNC3)n1. The van der Waals surface area contributed by atoms with E-state index in [1.165, 1.54) is 5.69 Å². The number of pyridine rings is 1. The highest BCUT2D eigenvalue weighted by Crippen LogP contribution is 2.20. The average Bonchev–Trinajstić information content (AvgIpc) is 2.70. The van der Waals surface area contributed by atoms with Gasteiger partial charge in [-0.25, -0.2) is 4.98 Å². The fourth-order valence-electron chi connectivity index (χ4n) is 2.16. The van der Waals surface area contributed by atoms with Crippen LogP contribution in [0, 0.1) is 0 Å². The van der Waals surface area contributed by atoms with Gasteiger partial charge in [-0.1, -0.05) is 6.07 Å². The lowest BCUT2D eigenvalue weighted by Crippen LogP contribution is -2.11. The van der Waals surface area contributed by atoms with Crippen molar-refractivity contribution in [2.24, 2.45) is 0 Å². The molecule has 5 nitrogen and oxygen atoms in total. The number of ether oxygens (including phenoxy) is 1. The molecular formula is C13H16N4O. The Bertz CT molecular complexity index is 526. The number of aryl methyl sites for hydroxylation is 1. The summed E-state index contributed by atoms with van der Waals surface area (Å²) in [6.07, 6.45) is 1.11. The Kier molecular flexibility index (Phi) is 2.98. The predicted octanol–water partition coefficient (Wildman–Crippen LogP) is 1.45. The number of hydrogen-bond acceptors (Lipinski definition) is 4. The van der Waals surface area contributed by atoms with Gasteiger partial charge in [0.2, 0.25) is 5.88 Å². The maximum Gasteiger partial charge on any atom is 0.213 e. The molecule has 0 saturated heterocycles. The Morgan fingerprint density at radius 1 is 1.33 bits per heavy atom. The molecule has 0 bridgehead atoms. The van der Waals surface area contributed by atoms with Gasteiger partial charge in [-0.05, 0) is 25.1 Å². The molecule has 0 aromatic carbocycles. The maximum atomic E-state index is 5.14. The summed E-state index contributed by atoms with van der Waals surface area (Å²) in [6, 6.07) is 7.83. The van der Waals surface area contributed by atoms with Gasteiger partial charge in [0.15, 0.2) is 0 Å². The second kappa shape index (κ2) is 4.78. The summed E-state index contributed by atoms with van der Waals surface area (Å²) in [5.74, 6) is 0.619. The van der Waals surface area contributed by atoms with Gasteiger partial charge in [0.05, 0.1) is 18.5 Å². The van der Waals surface area contributed by atoms with Crippen LogP contribution in [0.1, 0.15) is 12.1 Å². The quantitative estimate of drug-likeness (QED) is 0.868. The number of nitrogens with one attached hydrogen (secondary N) is 1. The number of rotatable bonds is 2. The molecule has 3 rings (SSSR count). The summed E-state index contributed by atoms with van der Waals surface area (Å²) in [7, 11) is 1.62. The topological polar surface area (TPSA) is 52.0 Å². The van der Waals surface area contributed by atoms with Crippen molar-refractivity contribution in [2.75, 3.05) is 13.7 Å². The van der Waals surface area contributed by atoms with Crippen molar-refractivity contribution >= 4 is 0 Å². The summed E-state index contributed by atoms with van der Waals surface area (Å²) in [4.78, 5) is 4.41. The zero-order chi connectivity index (χ0) is 12.4. The molecule has 0 amide bonds. The van der Waals surface area contributed by atoms with E-state index in [9.17, 15) is 0 Å². The third-order valence-electron chi connectivity index (χ3n) is 3.09. The van der Waals surface area contributed by atoms with E-state index in [0.717, 1.165) is 37.4 Å². The van der Waals surface area contributed by atoms with Crippen LogP contribution in [0.25, 0.3) is 11.4 Å². The fraction of sp³-hybridized carbons (Fsp3) is 0.385. The lowest BCUT2D eigenvalue weighted by molar-refractivity contribution is 0.398. The first-order chi connectivity index (χ1) is 8.86. The molecule has 0 radical (unpaired) electrons. The van der Waals surface area contributed by atoms with E-state index >= 15 is 0 Å². The Balaban J connectivity index is 1.96. The van der Waals surface area contributed by atoms with Crippen LogP contribution in [0.4, 0.5) is 0 Å². The molecule has 0 aliphatic carbocycles. The summed E-state index contributed by atoms with van der Waals surface area (Å²) in [5, 5.41) is 8.00. The van der Waals surface area contributed by atoms with Crippen LogP contribution < -0.4 is 10.1 Å². The molecule has 18 heavy (non-hydrogen) atoms. The van der Waals surface area contributed by atoms with Gasteiger partial charge in [0.25, 0.3) is 0 Å². The van der Waals surface area contributed by atoms with Crippen LogP contribution in [0.2, 0.25) is 0 Å². The van der Waals surface area contributed by atoms with Gasteiger partial charge in [-0.15, -0.1) is 0 Å². The van der Waals surface area contributed by atoms with Gasteiger partial charge in [0.1, 0.15) is 5.69 Å². The van der Waals surface area contributed by atoms with Crippen LogP contribution in [0.5, 0.6) is 5.88 Å². The van der Waals surface area contributed by atoms with Gasteiger partial charge < -0.3 is 10.1 Å². The van der Waals surface area contributed by atoms with Crippen LogP contribution in [-0.2, 0) is 13.1 Å². The van der Waals surface area contributed by atoms with Gasteiger partial charge in [-0.2, -0.15) is 5.10 Å². The van der Waals surface area contributed by atoms with Crippen molar-refractivity contribution in [2.45, 2.75) is 19.5 Å². The summed E-state index contributed by atoms with van der Waals surface area (Å²) >= 11 is 0. The second-order valence-corrected chi connectivity index (χ2v) is 4.34. The van der Waals surface area contributed by atoms with Crippen molar-refractivity contribution in [1.29, 1.82) is 0 Å². The Hall–Kier alpha value is -1.88. The minimum Gasteiger partial charge on any atom is -0.481 e. The fourth-order valence-corrected chi connectivity index (χ4v) is 2.16. The minimum atomic E-state index is 0.619. The molecule has 1 N–H and O–H groups in total. The highest BCUT2D eigenvalue weighted by atomic mass is 16.5. The molecule has 1 aliphatic heterocycles. The molecular weight excluding hydrogens is 228 g/mol. The molecule has 0 spiro atoms. The Morgan fingerprint density at radius 3 is 3.17 bits per heavy atom. The molecule has 2 aromatic heterocycles. The van der Waals surface area contributed by atoms with E-state index in [4.69, 9.17) is 4.74 Å². The summed E-state index contributed by atoms with van der Waals surface area (Å²) in [5.41, 5.74) is 2.98. The molecule has 0 atom stereocenters. The third kappa shape index (κ3) is 2.09. The number of methoxy groups -OCH3 is 1. The van der Waals surface area contributed by atoms with E-state index in [0.29, 0.717) is 5.88 Å². The molecule has 0 saturated carbocycles. The lowest BCUT2D eigenvalue weighted by Gasteiger charge is -2.01. The smallest absolute Gasteiger partial charge is 0.213 e. The van der Waals surface area contributed by atoms with E-state index in [1.54, 1.807) is 7.11 Å². The van der Waals surface area contributed by atoms with E-state index < -0.39 is 0 Å². The van der Waals surface area contributed by atoms with E-state index in [-0.39, 0.29) is 0 Å². The normalized spacial score (nSPS) is 14.9. The number of nitrogens with zero attached hydrogens (tertiary/aromatic N) is 3. The molecule has 3 heterocycles. The molecule has 0 unspecified atom stereocenters. The third-order valence-corrected chi connectivity index (χ3v) is 3.09. The van der Waals surface area contributed by atoms with Crippen molar-refractivity contribution in [3.05, 3.63) is 30.0 Å². The first-order valence-electron chi connectivity index (χ1n) is 6.16. The van der Waals surface area contributed by atoms with Crippen molar-refractivity contribution in [3.8, 4) is 17.3 Å². The highest BCUT2D eigenvalue weighted by Gasteiger charge is 2.12.